The Morgan fingerprint density at radius 3 is 3.00 bits per heavy atom. The van der Waals surface area contributed by atoms with Crippen LogP contribution in [0, 0.1) is 0 Å². The molecule has 0 bridgehead atoms. The zero-order valence-corrected chi connectivity index (χ0v) is 7.16. The third kappa shape index (κ3) is 0.913. The Morgan fingerprint density at radius 2 is 2.42 bits per heavy atom. The van der Waals surface area contributed by atoms with E-state index in [9.17, 15) is 4.79 Å². The minimum absolute atomic E-state index is 0.114. The van der Waals surface area contributed by atoms with Crippen molar-refractivity contribution in [3.63, 3.8) is 0 Å². The average Bonchev–Trinajstić information content (AvgIpc) is 2.53. The highest BCUT2D eigenvalue weighted by Gasteiger charge is 2.21. The fraction of sp³-hybridized carbons (Fsp3) is 0.500. The molecule has 4 nitrogen and oxygen atoms in total. The summed E-state index contributed by atoms with van der Waals surface area (Å²) in [6.07, 6.45) is 0. The molecule has 0 radical (unpaired) electrons. The van der Waals surface area contributed by atoms with Crippen LogP contribution in [0.4, 0.5) is 4.79 Å². The highest BCUT2D eigenvalue weighted by molar-refractivity contribution is 5.79. The van der Waals surface area contributed by atoms with E-state index in [0.717, 1.165) is 11.4 Å². The van der Waals surface area contributed by atoms with E-state index in [4.69, 9.17) is 0 Å². The molecular weight excluding hydrogens is 154 g/mol. The number of nitrogens with one attached hydrogen (secondary N) is 1. The van der Waals surface area contributed by atoms with Crippen LogP contribution in [0.5, 0.6) is 0 Å². The molecule has 0 unspecified atom stereocenters. The first-order chi connectivity index (χ1) is 5.68. The molecule has 0 saturated heterocycles. The molecule has 1 aliphatic rings. The second-order valence-corrected chi connectivity index (χ2v) is 3.29. The number of hydrogen-bond donors (Lipinski definition) is 1. The van der Waals surface area contributed by atoms with Crippen LogP contribution < -0.4 is 5.32 Å². The van der Waals surface area contributed by atoms with E-state index in [1.807, 2.05) is 6.07 Å². The Kier molecular flexibility index (Phi) is 1.43. The quantitative estimate of drug-likeness (QED) is 0.676. The number of hydrogen-bond acceptors (Lipinski definition) is 2. The van der Waals surface area contributed by atoms with Crippen LogP contribution in [-0.2, 0) is 6.54 Å². The van der Waals surface area contributed by atoms with Gasteiger partial charge >= 0.3 is 6.03 Å². The molecule has 0 fully saturated rings. The summed E-state index contributed by atoms with van der Waals surface area (Å²) in [4.78, 5) is 11.1. The molecule has 0 saturated carbocycles. The van der Waals surface area contributed by atoms with Crippen molar-refractivity contribution in [3.8, 4) is 0 Å². The van der Waals surface area contributed by atoms with Crippen LogP contribution in [-0.4, -0.2) is 15.8 Å². The highest BCUT2D eigenvalue weighted by Crippen LogP contribution is 2.16. The summed E-state index contributed by atoms with van der Waals surface area (Å²) >= 11 is 0. The van der Waals surface area contributed by atoms with E-state index in [-0.39, 0.29) is 6.03 Å². The number of carbonyl (C=O) groups excluding carboxylic acids is 1. The number of amides is 1. The fourth-order valence-corrected chi connectivity index (χ4v) is 1.27. The van der Waals surface area contributed by atoms with Crippen LogP contribution >= 0.6 is 0 Å². The van der Waals surface area contributed by atoms with Gasteiger partial charge in [-0.15, -0.1) is 0 Å². The van der Waals surface area contributed by atoms with Gasteiger partial charge in [-0.25, -0.2) is 4.79 Å². The molecule has 1 aromatic heterocycles. The molecule has 1 amide bonds. The summed E-state index contributed by atoms with van der Waals surface area (Å²) in [5.41, 5.74) is 1.95. The van der Waals surface area contributed by atoms with E-state index in [1.54, 1.807) is 0 Å². The molecule has 12 heavy (non-hydrogen) atoms. The summed E-state index contributed by atoms with van der Waals surface area (Å²) in [5, 5.41) is 6.87. The summed E-state index contributed by atoms with van der Waals surface area (Å²) in [6, 6.07) is 1.86. The van der Waals surface area contributed by atoms with Crippen molar-refractivity contribution >= 4 is 6.03 Å². The smallest absolute Gasteiger partial charge is 0.331 e. The van der Waals surface area contributed by atoms with Gasteiger partial charge < -0.3 is 5.32 Å². The van der Waals surface area contributed by atoms with Gasteiger partial charge in [0, 0.05) is 0 Å². The standard InChI is InChI=1S/C8H11N3O/c1-5(2)7-3-6-4-9-8(12)11(6)10-7/h3,5H,4H2,1-2H3,(H,9,12). The van der Waals surface area contributed by atoms with Gasteiger partial charge in [-0.1, -0.05) is 13.8 Å². The summed E-state index contributed by atoms with van der Waals surface area (Å²) in [5.74, 6) is 0.385. The molecule has 0 aliphatic carbocycles. The van der Waals surface area contributed by atoms with E-state index >= 15 is 0 Å². The van der Waals surface area contributed by atoms with E-state index in [2.05, 4.69) is 24.3 Å². The van der Waals surface area contributed by atoms with Gasteiger partial charge in [0.25, 0.3) is 0 Å². The zero-order chi connectivity index (χ0) is 8.72. The number of fused-ring (bicyclic) bond motifs is 1. The largest absolute Gasteiger partial charge is 0.342 e. The van der Waals surface area contributed by atoms with Crippen LogP contribution in [0.3, 0.4) is 0 Å². The Balaban J connectivity index is 2.43. The first-order valence-corrected chi connectivity index (χ1v) is 4.05. The Morgan fingerprint density at radius 1 is 1.67 bits per heavy atom. The summed E-state index contributed by atoms with van der Waals surface area (Å²) in [7, 11) is 0. The molecule has 1 N–H and O–H groups in total. The van der Waals surface area contributed by atoms with Gasteiger partial charge in [0.1, 0.15) is 0 Å². The first kappa shape index (κ1) is 7.34. The lowest BCUT2D eigenvalue weighted by atomic mass is 10.1. The predicted molar refractivity (Wildman–Crippen MR) is 43.9 cm³/mol. The maximum Gasteiger partial charge on any atom is 0.342 e. The van der Waals surface area contributed by atoms with Gasteiger partial charge in [0.2, 0.25) is 0 Å². The van der Waals surface area contributed by atoms with Gasteiger partial charge in [-0.2, -0.15) is 9.78 Å². The van der Waals surface area contributed by atoms with Crippen LogP contribution in [0.25, 0.3) is 0 Å². The Labute approximate surface area is 70.6 Å². The average molecular weight is 165 g/mol. The van der Waals surface area contributed by atoms with E-state index < -0.39 is 0 Å². The molecule has 64 valence electrons. The molecular formula is C8H11N3O. The summed E-state index contributed by atoms with van der Waals surface area (Å²) < 4.78 is 1.44. The lowest BCUT2D eigenvalue weighted by molar-refractivity contribution is 0.244. The molecule has 0 atom stereocenters. The van der Waals surface area contributed by atoms with Crippen molar-refractivity contribution in [1.82, 2.24) is 15.1 Å². The molecule has 1 aromatic rings. The second kappa shape index (κ2) is 2.33. The van der Waals surface area contributed by atoms with Gasteiger partial charge in [0.15, 0.2) is 0 Å². The third-order valence-electron chi connectivity index (χ3n) is 2.01. The van der Waals surface area contributed by atoms with Gasteiger partial charge in [-0.05, 0) is 12.0 Å². The number of carbonyl (C=O) groups is 1. The van der Waals surface area contributed by atoms with Crippen molar-refractivity contribution in [2.75, 3.05) is 0 Å². The molecule has 0 aromatic carbocycles. The maximum atomic E-state index is 11.1. The van der Waals surface area contributed by atoms with Crippen molar-refractivity contribution < 1.29 is 4.79 Å². The monoisotopic (exact) mass is 165 g/mol. The van der Waals surface area contributed by atoms with Gasteiger partial charge in [0.05, 0.1) is 17.9 Å². The maximum absolute atomic E-state index is 11.1. The SMILES string of the molecule is CC(C)c1cc2n(n1)C(=O)NC2. The van der Waals surface area contributed by atoms with Crippen LogP contribution in [0.15, 0.2) is 6.07 Å². The second-order valence-electron chi connectivity index (χ2n) is 3.29. The first-order valence-electron chi connectivity index (χ1n) is 4.05. The van der Waals surface area contributed by atoms with Crippen LogP contribution in [0.1, 0.15) is 31.2 Å². The highest BCUT2D eigenvalue weighted by atomic mass is 16.2. The minimum Gasteiger partial charge on any atom is -0.331 e. The molecule has 2 rings (SSSR count). The normalized spacial score (nSPS) is 15.1. The predicted octanol–water partition coefficient (Wildman–Crippen LogP) is 1.08. The summed E-state index contributed by atoms with van der Waals surface area (Å²) in [6.45, 7) is 4.74. The lowest BCUT2D eigenvalue weighted by Crippen LogP contribution is -2.19. The minimum atomic E-state index is -0.114. The van der Waals surface area contributed by atoms with Crippen molar-refractivity contribution in [1.29, 1.82) is 0 Å². The Hall–Kier alpha value is -1.32. The van der Waals surface area contributed by atoms with Crippen molar-refractivity contribution in [2.45, 2.75) is 26.3 Å². The van der Waals surface area contributed by atoms with Crippen molar-refractivity contribution in [2.24, 2.45) is 0 Å². The van der Waals surface area contributed by atoms with Crippen LogP contribution in [0.2, 0.25) is 0 Å². The fourth-order valence-electron chi connectivity index (χ4n) is 1.27. The lowest BCUT2D eigenvalue weighted by Gasteiger charge is -1.97. The molecule has 0 spiro atoms. The van der Waals surface area contributed by atoms with E-state index in [0.29, 0.717) is 12.5 Å². The van der Waals surface area contributed by atoms with E-state index in [1.165, 1.54) is 4.68 Å². The Bertz CT molecular complexity index is 327. The van der Waals surface area contributed by atoms with Gasteiger partial charge in [-0.3, -0.25) is 0 Å². The van der Waals surface area contributed by atoms with Crippen molar-refractivity contribution in [3.05, 3.63) is 17.5 Å². The molecule has 2 heterocycles. The third-order valence-corrected chi connectivity index (χ3v) is 2.01. The molecule has 1 aliphatic heterocycles. The number of rotatable bonds is 1. The molecule has 4 heteroatoms. The topological polar surface area (TPSA) is 46.9 Å². The zero-order valence-electron chi connectivity index (χ0n) is 7.16. The number of nitrogens with zero attached hydrogens (tertiary/aromatic N) is 2. The number of aromatic nitrogens is 2.